The summed E-state index contributed by atoms with van der Waals surface area (Å²) in [6.45, 7) is 1.99. The van der Waals surface area contributed by atoms with Gasteiger partial charge in [-0.2, -0.15) is 0 Å². The lowest BCUT2D eigenvalue weighted by Crippen LogP contribution is -2.27. The third-order valence-corrected chi connectivity index (χ3v) is 2.32. The number of aromatic nitrogens is 3. The smallest absolute Gasteiger partial charge is 0.358 e. The molecule has 2 aromatic heterocycles. The molecule has 2 N–H and O–H groups in total. The lowest BCUT2D eigenvalue weighted by atomic mass is 10.4. The summed E-state index contributed by atoms with van der Waals surface area (Å²) in [7, 11) is 0. The van der Waals surface area contributed by atoms with E-state index in [1.54, 1.807) is 12.1 Å². The molecule has 0 aromatic carbocycles. The van der Waals surface area contributed by atoms with Gasteiger partial charge < -0.3 is 14.8 Å². The van der Waals surface area contributed by atoms with Crippen LogP contribution in [0.3, 0.4) is 0 Å². The second-order valence-electron chi connectivity index (χ2n) is 3.90. The fourth-order valence-electron chi connectivity index (χ4n) is 1.44. The van der Waals surface area contributed by atoms with Gasteiger partial charge in [-0.05, 0) is 19.1 Å². The van der Waals surface area contributed by atoms with Crippen molar-refractivity contribution in [2.24, 2.45) is 0 Å². The van der Waals surface area contributed by atoms with Crippen LogP contribution in [-0.2, 0) is 17.9 Å². The third-order valence-electron chi connectivity index (χ3n) is 2.32. The summed E-state index contributed by atoms with van der Waals surface area (Å²) in [6.07, 6.45) is 1.19. The van der Waals surface area contributed by atoms with Crippen molar-refractivity contribution in [1.82, 2.24) is 20.3 Å². The van der Waals surface area contributed by atoms with Crippen LogP contribution < -0.4 is 5.32 Å². The van der Waals surface area contributed by atoms with E-state index in [0.717, 1.165) is 10.4 Å². The van der Waals surface area contributed by atoms with Crippen LogP contribution in [0.1, 0.15) is 22.0 Å². The molecule has 8 nitrogen and oxygen atoms in total. The highest BCUT2D eigenvalue weighted by atomic mass is 16.4. The third kappa shape index (κ3) is 3.41. The van der Waals surface area contributed by atoms with E-state index in [2.05, 4.69) is 15.6 Å². The van der Waals surface area contributed by atoms with Crippen LogP contribution in [0.15, 0.2) is 22.7 Å². The minimum atomic E-state index is -1.18. The predicted molar refractivity (Wildman–Crippen MR) is 62.3 cm³/mol. The van der Waals surface area contributed by atoms with Crippen molar-refractivity contribution < 1.29 is 19.1 Å². The van der Waals surface area contributed by atoms with Crippen LogP contribution >= 0.6 is 0 Å². The topological polar surface area (TPSA) is 110 Å². The van der Waals surface area contributed by atoms with E-state index in [-0.39, 0.29) is 24.7 Å². The number of carbonyl (C=O) groups excluding carboxylic acids is 1. The molecule has 0 atom stereocenters. The number of furan rings is 1. The average molecular weight is 264 g/mol. The Morgan fingerprint density at radius 3 is 2.84 bits per heavy atom. The van der Waals surface area contributed by atoms with Crippen molar-refractivity contribution in [1.29, 1.82) is 0 Å². The van der Waals surface area contributed by atoms with Crippen LogP contribution in [0.4, 0.5) is 0 Å². The van der Waals surface area contributed by atoms with Crippen molar-refractivity contribution in [3.05, 3.63) is 35.5 Å². The number of nitrogens with zero attached hydrogens (tertiary/aromatic N) is 3. The normalized spacial score (nSPS) is 10.4. The zero-order chi connectivity index (χ0) is 13.8. The summed E-state index contributed by atoms with van der Waals surface area (Å²) < 4.78 is 6.45. The first kappa shape index (κ1) is 12.8. The minimum absolute atomic E-state index is 0.0973. The molecule has 2 heterocycles. The summed E-state index contributed by atoms with van der Waals surface area (Å²) >= 11 is 0. The van der Waals surface area contributed by atoms with Crippen molar-refractivity contribution in [2.75, 3.05) is 0 Å². The van der Waals surface area contributed by atoms with Gasteiger partial charge in [0.15, 0.2) is 5.69 Å². The zero-order valence-corrected chi connectivity index (χ0v) is 10.2. The van der Waals surface area contributed by atoms with Crippen molar-refractivity contribution >= 4 is 11.9 Å². The molecule has 0 spiro atoms. The predicted octanol–water partition coefficient (Wildman–Crippen LogP) is 0.194. The Labute approximate surface area is 108 Å². The molecule has 0 fully saturated rings. The molecular weight excluding hydrogens is 252 g/mol. The first-order valence-corrected chi connectivity index (χ1v) is 5.50. The van der Waals surface area contributed by atoms with E-state index in [1.165, 1.54) is 6.20 Å². The fourth-order valence-corrected chi connectivity index (χ4v) is 1.44. The lowest BCUT2D eigenvalue weighted by Gasteiger charge is -2.02. The summed E-state index contributed by atoms with van der Waals surface area (Å²) in [5, 5.41) is 18.2. The maximum Gasteiger partial charge on any atom is 0.358 e. The SMILES string of the molecule is Cc1ccc(CNC(=O)Cn2cc(C(=O)O)nn2)o1. The van der Waals surface area contributed by atoms with E-state index in [0.29, 0.717) is 5.76 Å². The van der Waals surface area contributed by atoms with Gasteiger partial charge in [-0.3, -0.25) is 4.79 Å². The average Bonchev–Trinajstić information content (AvgIpc) is 2.96. The van der Waals surface area contributed by atoms with Crippen LogP contribution in [0.25, 0.3) is 0 Å². The Morgan fingerprint density at radius 1 is 1.47 bits per heavy atom. The molecule has 8 heteroatoms. The van der Waals surface area contributed by atoms with Crippen LogP contribution in [-0.4, -0.2) is 32.0 Å². The van der Waals surface area contributed by atoms with Crippen molar-refractivity contribution in [3.63, 3.8) is 0 Å². The minimum Gasteiger partial charge on any atom is -0.476 e. The molecule has 0 saturated carbocycles. The molecular formula is C11H12N4O4. The number of carboxylic acid groups (broad SMARTS) is 1. The van der Waals surface area contributed by atoms with E-state index >= 15 is 0 Å². The molecule has 2 rings (SSSR count). The maximum absolute atomic E-state index is 11.6. The molecule has 0 aliphatic heterocycles. The van der Waals surface area contributed by atoms with Gasteiger partial charge in [0.05, 0.1) is 12.7 Å². The second-order valence-corrected chi connectivity index (χ2v) is 3.90. The summed E-state index contributed by atoms with van der Waals surface area (Å²) in [5.41, 5.74) is -0.200. The van der Waals surface area contributed by atoms with Crippen LogP contribution in [0, 0.1) is 6.92 Å². The number of carboxylic acids is 1. The van der Waals surface area contributed by atoms with E-state index in [1.807, 2.05) is 6.92 Å². The number of hydrogen-bond donors (Lipinski definition) is 2. The summed E-state index contributed by atoms with van der Waals surface area (Å²) in [5.74, 6) is -0.0732. The quantitative estimate of drug-likeness (QED) is 0.797. The first-order chi connectivity index (χ1) is 9.04. The molecule has 2 aromatic rings. The lowest BCUT2D eigenvalue weighted by molar-refractivity contribution is -0.122. The molecule has 0 radical (unpaired) electrons. The van der Waals surface area contributed by atoms with Gasteiger partial charge in [-0.1, -0.05) is 5.21 Å². The highest BCUT2D eigenvalue weighted by Crippen LogP contribution is 2.05. The highest BCUT2D eigenvalue weighted by Gasteiger charge is 2.10. The number of carbonyl (C=O) groups is 2. The molecule has 0 bridgehead atoms. The number of nitrogens with one attached hydrogen (secondary N) is 1. The Kier molecular flexibility index (Phi) is 3.60. The summed E-state index contributed by atoms with van der Waals surface area (Å²) in [6, 6.07) is 3.58. The number of aromatic carboxylic acids is 1. The number of aryl methyl sites for hydroxylation is 1. The van der Waals surface area contributed by atoms with Crippen molar-refractivity contribution in [2.45, 2.75) is 20.0 Å². The number of hydrogen-bond acceptors (Lipinski definition) is 5. The Balaban J connectivity index is 1.85. The van der Waals surface area contributed by atoms with Gasteiger partial charge in [-0.15, -0.1) is 5.10 Å². The van der Waals surface area contributed by atoms with Crippen LogP contribution in [0.2, 0.25) is 0 Å². The highest BCUT2D eigenvalue weighted by molar-refractivity contribution is 5.84. The van der Waals surface area contributed by atoms with Gasteiger partial charge in [0.25, 0.3) is 0 Å². The van der Waals surface area contributed by atoms with Crippen LogP contribution in [0.5, 0.6) is 0 Å². The van der Waals surface area contributed by atoms with E-state index in [9.17, 15) is 9.59 Å². The fraction of sp³-hybridized carbons (Fsp3) is 0.273. The Morgan fingerprint density at radius 2 is 2.26 bits per heavy atom. The second kappa shape index (κ2) is 5.34. The van der Waals surface area contributed by atoms with Gasteiger partial charge in [0.1, 0.15) is 18.1 Å². The summed E-state index contributed by atoms with van der Waals surface area (Å²) in [4.78, 5) is 22.2. The number of rotatable bonds is 5. The van der Waals surface area contributed by atoms with Gasteiger partial charge in [0.2, 0.25) is 5.91 Å². The van der Waals surface area contributed by atoms with E-state index in [4.69, 9.17) is 9.52 Å². The Hall–Kier alpha value is -2.64. The van der Waals surface area contributed by atoms with Gasteiger partial charge >= 0.3 is 5.97 Å². The molecule has 0 unspecified atom stereocenters. The molecule has 100 valence electrons. The molecule has 1 amide bonds. The standard InChI is InChI=1S/C11H12N4O4/c1-7-2-3-8(19-7)4-12-10(16)6-15-5-9(11(17)18)13-14-15/h2-3,5H,4,6H2,1H3,(H,12,16)(H,17,18). The maximum atomic E-state index is 11.6. The van der Waals surface area contributed by atoms with Crippen molar-refractivity contribution in [3.8, 4) is 0 Å². The monoisotopic (exact) mass is 264 g/mol. The molecule has 0 aliphatic rings. The van der Waals surface area contributed by atoms with E-state index < -0.39 is 5.97 Å². The van der Waals surface area contributed by atoms with Gasteiger partial charge in [0, 0.05) is 0 Å². The number of amides is 1. The molecule has 0 aliphatic carbocycles. The van der Waals surface area contributed by atoms with Gasteiger partial charge in [-0.25, -0.2) is 9.48 Å². The Bertz CT molecular complexity index is 601. The molecule has 19 heavy (non-hydrogen) atoms. The molecule has 0 saturated heterocycles. The first-order valence-electron chi connectivity index (χ1n) is 5.50. The zero-order valence-electron chi connectivity index (χ0n) is 10.2. The largest absolute Gasteiger partial charge is 0.476 e.